The molecule has 37 heavy (non-hydrogen) atoms. The van der Waals surface area contributed by atoms with Crippen LogP contribution in [0.2, 0.25) is 0 Å². The molecular formula is C33H29BN2O. The molecule has 0 bridgehead atoms. The summed E-state index contributed by atoms with van der Waals surface area (Å²) in [6, 6.07) is 33.7. The van der Waals surface area contributed by atoms with E-state index in [1.807, 2.05) is 0 Å². The van der Waals surface area contributed by atoms with Gasteiger partial charge in [0.05, 0.1) is 11.3 Å². The van der Waals surface area contributed by atoms with Crippen LogP contribution >= 0.6 is 0 Å². The van der Waals surface area contributed by atoms with E-state index >= 15 is 0 Å². The van der Waals surface area contributed by atoms with Crippen molar-refractivity contribution in [1.29, 1.82) is 0 Å². The van der Waals surface area contributed by atoms with E-state index in [1.165, 1.54) is 63.2 Å². The van der Waals surface area contributed by atoms with E-state index in [0.717, 1.165) is 17.7 Å². The van der Waals surface area contributed by atoms with E-state index in [0.29, 0.717) is 12.0 Å². The fourth-order valence-electron chi connectivity index (χ4n) is 7.45. The number of benzene rings is 4. The molecule has 4 heterocycles. The fourth-order valence-corrected chi connectivity index (χ4v) is 7.45. The van der Waals surface area contributed by atoms with Gasteiger partial charge in [0.2, 0.25) is 0 Å². The van der Waals surface area contributed by atoms with Gasteiger partial charge in [-0.3, -0.25) is 0 Å². The molecule has 8 rings (SSSR count). The van der Waals surface area contributed by atoms with E-state index in [4.69, 9.17) is 4.42 Å². The van der Waals surface area contributed by atoms with Gasteiger partial charge < -0.3 is 14.2 Å². The molecule has 0 aliphatic carbocycles. The van der Waals surface area contributed by atoms with Crippen molar-refractivity contribution in [3.05, 3.63) is 96.6 Å². The number of anilines is 5. The molecule has 0 amide bonds. The van der Waals surface area contributed by atoms with Crippen molar-refractivity contribution in [2.24, 2.45) is 0 Å². The van der Waals surface area contributed by atoms with Gasteiger partial charge in [-0.2, -0.15) is 0 Å². The molecule has 0 N–H and O–H groups in total. The standard InChI is InChI=1S/C33H29BN2O/c1-3-12-26-22(4-2)23-19-20-28-30-31(23)36(26)27-17-10-9-16-25(27)34(30)33-32(24-15-8-11-18-29(24)37-33)35(28)21-13-6-5-7-14-21/h5-11,13-20,22,26H,3-4,12H2,1-2H3. The third-order valence-corrected chi connectivity index (χ3v) is 8.82. The van der Waals surface area contributed by atoms with Gasteiger partial charge in [-0.25, -0.2) is 0 Å². The van der Waals surface area contributed by atoms with Gasteiger partial charge in [-0.15, -0.1) is 0 Å². The van der Waals surface area contributed by atoms with Crippen LogP contribution in [0.4, 0.5) is 28.4 Å². The maximum atomic E-state index is 6.81. The van der Waals surface area contributed by atoms with Crippen molar-refractivity contribution in [1.82, 2.24) is 0 Å². The Morgan fingerprint density at radius 1 is 0.784 bits per heavy atom. The first-order chi connectivity index (χ1) is 18.3. The summed E-state index contributed by atoms with van der Waals surface area (Å²) in [5, 5.41) is 1.17. The summed E-state index contributed by atoms with van der Waals surface area (Å²) in [6.07, 6.45) is 3.53. The number of hydrogen-bond acceptors (Lipinski definition) is 3. The topological polar surface area (TPSA) is 19.6 Å². The van der Waals surface area contributed by atoms with Crippen LogP contribution in [0.25, 0.3) is 11.0 Å². The molecule has 2 unspecified atom stereocenters. The Hall–Kier alpha value is -3.92. The minimum atomic E-state index is 0.0812. The third-order valence-electron chi connectivity index (χ3n) is 8.82. The first-order valence-corrected chi connectivity index (χ1v) is 13.7. The molecule has 5 aromatic rings. The molecule has 2 atom stereocenters. The van der Waals surface area contributed by atoms with E-state index in [9.17, 15) is 0 Å². The molecule has 0 spiro atoms. The Labute approximate surface area is 218 Å². The maximum absolute atomic E-state index is 6.81. The van der Waals surface area contributed by atoms with Crippen molar-refractivity contribution >= 4 is 62.7 Å². The Morgan fingerprint density at radius 2 is 1.57 bits per heavy atom. The third kappa shape index (κ3) is 2.68. The average Bonchev–Trinajstić information content (AvgIpc) is 3.48. The van der Waals surface area contributed by atoms with Crippen LogP contribution < -0.4 is 26.4 Å². The number of nitrogens with zero attached hydrogens (tertiary/aromatic N) is 2. The lowest BCUT2D eigenvalue weighted by atomic mass is 9.35. The molecule has 0 radical (unpaired) electrons. The normalized spacial score (nSPS) is 18.7. The quantitative estimate of drug-likeness (QED) is 0.257. The smallest absolute Gasteiger partial charge is 0.297 e. The molecule has 0 saturated heterocycles. The monoisotopic (exact) mass is 480 g/mol. The summed E-state index contributed by atoms with van der Waals surface area (Å²) in [5.74, 6) is 0.536. The highest BCUT2D eigenvalue weighted by Crippen LogP contribution is 2.52. The Morgan fingerprint density at radius 3 is 2.41 bits per heavy atom. The molecule has 0 saturated carbocycles. The number of fused-ring (bicyclic) bond motifs is 7. The van der Waals surface area contributed by atoms with Crippen LogP contribution in [0.3, 0.4) is 0 Å². The highest BCUT2D eigenvalue weighted by Gasteiger charge is 2.51. The highest BCUT2D eigenvalue weighted by atomic mass is 16.3. The second-order valence-electron chi connectivity index (χ2n) is 10.7. The summed E-state index contributed by atoms with van der Waals surface area (Å²) in [5.41, 5.74) is 12.7. The lowest BCUT2D eigenvalue weighted by Crippen LogP contribution is -2.61. The number of rotatable bonds is 4. The van der Waals surface area contributed by atoms with Gasteiger partial charge in [-0.1, -0.05) is 74.9 Å². The predicted molar refractivity (Wildman–Crippen MR) is 156 cm³/mol. The van der Waals surface area contributed by atoms with Gasteiger partial charge >= 0.3 is 0 Å². The van der Waals surface area contributed by atoms with E-state index in [-0.39, 0.29) is 6.71 Å². The van der Waals surface area contributed by atoms with Crippen LogP contribution in [0.1, 0.15) is 44.6 Å². The van der Waals surface area contributed by atoms with Crippen molar-refractivity contribution in [2.45, 2.75) is 45.1 Å². The number of hydrogen-bond donors (Lipinski definition) is 0. The second kappa shape index (κ2) is 7.79. The molecule has 4 aromatic carbocycles. The zero-order valence-corrected chi connectivity index (χ0v) is 21.3. The van der Waals surface area contributed by atoms with Gasteiger partial charge in [0, 0.05) is 40.1 Å². The van der Waals surface area contributed by atoms with Crippen molar-refractivity contribution in [2.75, 3.05) is 9.80 Å². The van der Waals surface area contributed by atoms with Crippen molar-refractivity contribution in [3.8, 4) is 0 Å². The molecule has 3 nitrogen and oxygen atoms in total. The zero-order valence-electron chi connectivity index (χ0n) is 21.3. The predicted octanol–water partition coefficient (Wildman–Crippen LogP) is 6.86. The average molecular weight is 480 g/mol. The first-order valence-electron chi connectivity index (χ1n) is 13.7. The van der Waals surface area contributed by atoms with Crippen LogP contribution in [-0.4, -0.2) is 12.8 Å². The van der Waals surface area contributed by atoms with Gasteiger partial charge in [0.15, 0.2) is 0 Å². The van der Waals surface area contributed by atoms with E-state index in [2.05, 4.69) is 115 Å². The largest absolute Gasteiger partial charge is 0.468 e. The van der Waals surface area contributed by atoms with Crippen molar-refractivity contribution in [3.63, 3.8) is 0 Å². The van der Waals surface area contributed by atoms with Crippen LogP contribution in [-0.2, 0) is 0 Å². The minimum absolute atomic E-state index is 0.0812. The molecule has 1 aromatic heterocycles. The summed E-state index contributed by atoms with van der Waals surface area (Å²) in [6.45, 7) is 4.76. The van der Waals surface area contributed by atoms with E-state index < -0.39 is 0 Å². The van der Waals surface area contributed by atoms with Crippen LogP contribution in [0, 0.1) is 0 Å². The molecule has 0 fully saturated rings. The lowest BCUT2D eigenvalue weighted by Gasteiger charge is -2.42. The molecule has 180 valence electrons. The molecule has 3 aliphatic rings. The van der Waals surface area contributed by atoms with E-state index in [1.54, 1.807) is 0 Å². The minimum Gasteiger partial charge on any atom is -0.468 e. The zero-order chi connectivity index (χ0) is 24.7. The van der Waals surface area contributed by atoms with Gasteiger partial charge in [0.25, 0.3) is 6.71 Å². The van der Waals surface area contributed by atoms with Crippen LogP contribution in [0.5, 0.6) is 0 Å². The molecular weight excluding hydrogens is 451 g/mol. The second-order valence-corrected chi connectivity index (χ2v) is 10.7. The molecule has 3 aliphatic heterocycles. The van der Waals surface area contributed by atoms with Crippen LogP contribution in [0.15, 0.2) is 95.4 Å². The highest BCUT2D eigenvalue weighted by molar-refractivity contribution is 7.00. The fraction of sp³-hybridized carbons (Fsp3) is 0.212. The SMILES string of the molecule is CCCC1C(CC)c2ccc3c4c2N1c1ccccc1B4c1oc2ccccc2c1N3c1ccccc1. The van der Waals surface area contributed by atoms with Gasteiger partial charge in [-0.05, 0) is 65.7 Å². The summed E-state index contributed by atoms with van der Waals surface area (Å²) >= 11 is 0. The summed E-state index contributed by atoms with van der Waals surface area (Å²) < 4.78 is 6.81. The summed E-state index contributed by atoms with van der Waals surface area (Å²) in [7, 11) is 0. The number of para-hydroxylation sites is 3. The summed E-state index contributed by atoms with van der Waals surface area (Å²) in [4.78, 5) is 5.15. The Balaban J connectivity index is 1.51. The van der Waals surface area contributed by atoms with Crippen molar-refractivity contribution < 1.29 is 4.42 Å². The Bertz CT molecular complexity index is 1670. The Kier molecular flexibility index (Phi) is 4.46. The maximum Gasteiger partial charge on any atom is 0.297 e. The molecule has 4 heteroatoms. The lowest BCUT2D eigenvalue weighted by molar-refractivity contribution is 0.505. The number of furan rings is 1. The van der Waals surface area contributed by atoms with Gasteiger partial charge in [0.1, 0.15) is 5.58 Å². The first kappa shape index (κ1) is 21.2.